The lowest BCUT2D eigenvalue weighted by Crippen LogP contribution is -2.64. The van der Waals surface area contributed by atoms with Crippen molar-refractivity contribution in [2.24, 2.45) is 85.8 Å². The number of halogens is 4. The summed E-state index contributed by atoms with van der Waals surface area (Å²) in [4.78, 5) is 42.0. The number of aliphatic hydroxyl groups excluding tert-OH is 1. The number of carbonyl (C=O) groups excluding carboxylic acids is 3. The van der Waals surface area contributed by atoms with E-state index in [2.05, 4.69) is 109 Å². The molecule has 9 saturated carbocycles. The lowest BCUT2D eigenvalue weighted by Gasteiger charge is -2.62. The molecule has 18 heteroatoms. The van der Waals surface area contributed by atoms with E-state index in [1.807, 2.05) is 7.05 Å². The number of rotatable bonds is 5. The van der Waals surface area contributed by atoms with Gasteiger partial charge in [0, 0.05) is 56.4 Å². The van der Waals surface area contributed by atoms with Crippen molar-refractivity contribution in [2.75, 3.05) is 27.4 Å². The molecule has 1 saturated heterocycles. The molecule has 9 aliphatic carbocycles. The number of hydrogen-bond donors (Lipinski definition) is 1. The van der Waals surface area contributed by atoms with Gasteiger partial charge in [-0.1, -0.05) is 101 Å². The summed E-state index contributed by atoms with van der Waals surface area (Å²) < 4.78 is 79.2. The second-order valence-electron chi connectivity index (χ2n) is 36.8. The van der Waals surface area contributed by atoms with Gasteiger partial charge in [-0.15, -0.1) is 0 Å². The van der Waals surface area contributed by atoms with Gasteiger partial charge in [0.05, 0.1) is 23.2 Å². The molecule has 13 rings (SSSR count). The molecule has 10 fully saturated rings. The Hall–Kier alpha value is -2.91. The SMILES string of the molecule is CN1C(=O)C(F)=C[C@]2(C)C3CC[C@]4(C)[C@@H](O)CC[C@H]4C3CC[C@@H]12.CN1C(=O)C(F)=C[C@]2(C)C3CC[C@]4(C)[C@@H](O[Si](C)(C)C(C)(C)C)CC[C@H]4C3CC[C@@H]12.CN1C(=O)[C@H](F)C[C@]2(C)C3CC[C@]4(C)C(O[Si](C)(C)C(C)(C)C)CC[C@H]4C3CC[C@@H]12.CS(=O)(=O)c1ccccc1.F. The normalized spacial score (nSPS) is 43.2. The van der Waals surface area contributed by atoms with Crippen LogP contribution in [0.1, 0.15) is 205 Å². The number of fused-ring (bicyclic) bond motifs is 15. The number of piperidine rings is 1. The van der Waals surface area contributed by atoms with Crippen LogP contribution in [0.4, 0.5) is 17.9 Å². The molecule has 12 aliphatic rings. The zero-order valence-electron chi connectivity index (χ0n) is 61.3. The van der Waals surface area contributed by atoms with Crippen LogP contribution in [-0.4, -0.2) is 133 Å². The number of nitrogens with zero attached hydrogens (tertiary/aromatic N) is 3. The largest absolute Gasteiger partial charge is 0.413 e. The van der Waals surface area contributed by atoms with Gasteiger partial charge in [-0.2, -0.15) is 0 Å². The zero-order chi connectivity index (χ0) is 68.7. The van der Waals surface area contributed by atoms with Gasteiger partial charge in [-0.25, -0.2) is 21.6 Å². The molecule has 1 N–H and O–H groups in total. The third-order valence-electron chi connectivity index (χ3n) is 30.3. The number of carbonyl (C=O) groups is 3. The third-order valence-corrected chi connectivity index (χ3v) is 40.4. The minimum atomic E-state index is -3.00. The van der Waals surface area contributed by atoms with Crippen molar-refractivity contribution < 1.29 is 54.6 Å². The van der Waals surface area contributed by atoms with Gasteiger partial charge in [0.1, 0.15) is 0 Å². The minimum Gasteiger partial charge on any atom is -0.413 e. The van der Waals surface area contributed by atoms with E-state index in [1.165, 1.54) is 44.8 Å². The number of hydrogen-bond acceptors (Lipinski definition) is 8. The van der Waals surface area contributed by atoms with Crippen molar-refractivity contribution in [3.8, 4) is 0 Å². The molecular formula is C76H123F4N3O8SSi2. The van der Waals surface area contributed by atoms with Crippen LogP contribution in [0.2, 0.25) is 36.3 Å². The van der Waals surface area contributed by atoms with E-state index in [-0.39, 0.29) is 77.4 Å². The number of amides is 3. The lowest BCUT2D eigenvalue weighted by molar-refractivity contribution is -0.169. The molecule has 11 nitrogen and oxygen atoms in total. The number of alkyl halides is 1. The molecule has 7 unspecified atom stereocenters. The van der Waals surface area contributed by atoms with Crippen LogP contribution in [0.25, 0.3) is 0 Å². The molecule has 3 aliphatic heterocycles. The summed E-state index contributed by atoms with van der Waals surface area (Å²) in [6.45, 7) is 37.4. The predicted molar refractivity (Wildman–Crippen MR) is 373 cm³/mol. The fourth-order valence-corrected chi connectivity index (χ4v) is 26.4. The lowest BCUT2D eigenvalue weighted by atomic mass is 9.47. The van der Waals surface area contributed by atoms with E-state index in [1.54, 1.807) is 71.3 Å². The second-order valence-corrected chi connectivity index (χ2v) is 48.3. The number of likely N-dealkylation sites (tertiary alicyclic amines) is 1. The minimum absolute atomic E-state index is 0. The topological polar surface area (TPSA) is 134 Å². The van der Waals surface area contributed by atoms with Crippen LogP contribution < -0.4 is 0 Å². The Morgan fingerprint density at radius 2 is 0.872 bits per heavy atom. The standard InChI is InChI=1S/C25H44FNO2Si.C25H42FNO2Si.C19H28FNO2.C7H8O2S.FH/c2*1-23(2,3)30(7,8)29-21-12-10-17-16-9-11-20-25(5,15-19(26)22(28)27(20)6)18(16)13-14-24(17,21)4;1-18-9-8-13-11(12(18)5-7-16(18)22)4-6-15-19(13,2)10-14(20)17(23)21(15)3;1-10(8,9)7-5-3-2-4-6-7;/h16-21H,9-15H2,1-8H3;15-18,20-21H,9-14H2,1-8H3;10-13,15-16,22H,4-9H2,1-3H3;2-6H,1H3;1H/t16?,17-,18?,19+,20+,21?,24-,25+;16?,17-,18?,20+,21-,24-,25+;11?,12-,13?,15+,16-,18-,19+;;/m000../s1. The van der Waals surface area contributed by atoms with Crippen LogP contribution in [0.5, 0.6) is 0 Å². The van der Waals surface area contributed by atoms with Gasteiger partial charge in [0.2, 0.25) is 0 Å². The summed E-state index contributed by atoms with van der Waals surface area (Å²) in [5, 5.41) is 10.9. The Labute approximate surface area is 566 Å². The molecular weight excluding hydrogens is 1250 g/mol. The number of likely N-dealkylation sites (N-methyl/N-ethyl adjacent to an activating group) is 2. The number of aliphatic hydroxyl groups is 1. The average Bonchev–Trinajstić information content (AvgIpc) is 1.26. The summed E-state index contributed by atoms with van der Waals surface area (Å²) >= 11 is 0. The van der Waals surface area contributed by atoms with E-state index < -0.39 is 56.1 Å². The summed E-state index contributed by atoms with van der Waals surface area (Å²) in [5.74, 6) is 2.84. The maximum Gasteiger partial charge on any atom is 0.282 e. The van der Waals surface area contributed by atoms with Crippen LogP contribution in [0.15, 0.2) is 59.0 Å². The Kier molecular flexibility index (Phi) is 20.8. The average molecular weight is 1370 g/mol. The van der Waals surface area contributed by atoms with Gasteiger partial charge >= 0.3 is 0 Å². The van der Waals surface area contributed by atoms with Crippen LogP contribution >= 0.6 is 0 Å². The first-order valence-corrected chi connectivity index (χ1v) is 44.1. The molecule has 94 heavy (non-hydrogen) atoms. The predicted octanol–water partition coefficient (Wildman–Crippen LogP) is 17.0. The molecule has 0 spiro atoms. The van der Waals surface area contributed by atoms with E-state index in [0.717, 1.165) is 77.0 Å². The first-order chi connectivity index (χ1) is 42.8. The van der Waals surface area contributed by atoms with E-state index in [0.29, 0.717) is 76.8 Å². The molecule has 1 aromatic carbocycles. The Bertz CT molecular complexity index is 3160. The van der Waals surface area contributed by atoms with Crippen molar-refractivity contribution in [1.29, 1.82) is 0 Å². The van der Waals surface area contributed by atoms with Crippen LogP contribution in [-0.2, 0) is 33.1 Å². The Morgan fingerprint density at radius 1 is 0.511 bits per heavy atom. The monoisotopic (exact) mass is 1370 g/mol. The fraction of sp³-hybridized carbons (Fsp3) is 0.829. The molecule has 1 aromatic rings. The smallest absolute Gasteiger partial charge is 0.282 e. The van der Waals surface area contributed by atoms with Crippen molar-refractivity contribution >= 4 is 44.2 Å². The highest BCUT2D eigenvalue weighted by Gasteiger charge is 2.66. The molecule has 22 atom stereocenters. The van der Waals surface area contributed by atoms with Gasteiger partial charge in [0.25, 0.3) is 17.7 Å². The molecule has 3 amide bonds. The van der Waals surface area contributed by atoms with Gasteiger partial charge in [0.15, 0.2) is 44.3 Å². The maximum atomic E-state index is 14.7. The van der Waals surface area contributed by atoms with Crippen molar-refractivity contribution in [2.45, 2.75) is 289 Å². The van der Waals surface area contributed by atoms with Gasteiger partial charge in [-0.3, -0.25) is 19.1 Å². The molecule has 0 bridgehead atoms. The number of benzene rings is 1. The first-order valence-electron chi connectivity index (χ1n) is 36.3. The summed E-state index contributed by atoms with van der Waals surface area (Å²) in [6, 6.07) is 8.82. The Morgan fingerprint density at radius 3 is 1.28 bits per heavy atom. The maximum absolute atomic E-state index is 14.7. The highest BCUT2D eigenvalue weighted by molar-refractivity contribution is 7.90. The molecule has 0 radical (unpaired) electrons. The second kappa shape index (κ2) is 25.9. The summed E-state index contributed by atoms with van der Waals surface area (Å²) in [5.41, 5.74) is -0.0441. The first kappa shape index (κ1) is 75.3. The van der Waals surface area contributed by atoms with E-state index >= 15 is 0 Å². The summed E-state index contributed by atoms with van der Waals surface area (Å²) in [7, 11) is -1.22. The van der Waals surface area contributed by atoms with Crippen molar-refractivity contribution in [3.63, 3.8) is 0 Å². The summed E-state index contributed by atoms with van der Waals surface area (Å²) in [6.07, 6.45) is 24.2. The molecule has 0 aromatic heterocycles. The van der Waals surface area contributed by atoms with Crippen molar-refractivity contribution in [3.05, 3.63) is 54.1 Å². The molecule has 3 heterocycles. The molecule has 532 valence electrons. The van der Waals surface area contributed by atoms with E-state index in [4.69, 9.17) is 8.85 Å². The van der Waals surface area contributed by atoms with Crippen LogP contribution in [0.3, 0.4) is 0 Å². The Balaban J connectivity index is 0.000000155. The third kappa shape index (κ3) is 12.6. The van der Waals surface area contributed by atoms with Gasteiger partial charge < -0.3 is 28.7 Å². The van der Waals surface area contributed by atoms with Gasteiger partial charge in [-0.05, 0) is 257 Å². The number of sulfone groups is 1. The van der Waals surface area contributed by atoms with E-state index in [9.17, 15) is 41.1 Å². The highest BCUT2D eigenvalue weighted by Crippen LogP contribution is 2.69. The zero-order valence-corrected chi connectivity index (χ0v) is 64.1. The van der Waals surface area contributed by atoms with Crippen LogP contribution in [0, 0.1) is 85.8 Å². The van der Waals surface area contributed by atoms with Crippen molar-refractivity contribution in [1.82, 2.24) is 14.7 Å². The quantitative estimate of drug-likeness (QED) is 0.228. The highest BCUT2D eigenvalue weighted by atomic mass is 32.2. The fourth-order valence-electron chi connectivity index (χ4n) is 22.9.